The monoisotopic (exact) mass is 234 g/mol. The van der Waals surface area contributed by atoms with Gasteiger partial charge < -0.3 is 10.1 Å². The predicted molar refractivity (Wildman–Crippen MR) is 70.0 cm³/mol. The van der Waals surface area contributed by atoms with E-state index >= 15 is 0 Å². The van der Waals surface area contributed by atoms with E-state index in [1.165, 1.54) is 31.2 Å². The highest BCUT2D eigenvalue weighted by atomic mass is 16.5. The standard InChI is InChI=1S/C15H23NO/c1-12-6-3-4-9-15(12)16-11-13-7-5-8-14(10-13)17-2/h5,7-8,10,12,15-16H,3-4,6,9,11H2,1-2H3/p+1/t12-,15-/m0/s1. The molecule has 0 bridgehead atoms. The van der Waals surface area contributed by atoms with Crippen LogP contribution in [0.1, 0.15) is 38.2 Å². The van der Waals surface area contributed by atoms with Crippen LogP contribution >= 0.6 is 0 Å². The number of rotatable bonds is 4. The number of nitrogens with two attached hydrogens (primary N) is 1. The molecule has 0 radical (unpaired) electrons. The molecule has 2 rings (SSSR count). The lowest BCUT2D eigenvalue weighted by atomic mass is 9.86. The Labute approximate surface area is 104 Å². The van der Waals surface area contributed by atoms with Crippen molar-refractivity contribution in [1.82, 2.24) is 0 Å². The van der Waals surface area contributed by atoms with Gasteiger partial charge in [-0.15, -0.1) is 0 Å². The van der Waals surface area contributed by atoms with Crippen LogP contribution in [0.25, 0.3) is 0 Å². The van der Waals surface area contributed by atoms with Gasteiger partial charge in [-0.05, 0) is 31.4 Å². The van der Waals surface area contributed by atoms with Crippen molar-refractivity contribution in [2.45, 2.75) is 45.2 Å². The van der Waals surface area contributed by atoms with Crippen LogP contribution in [0.15, 0.2) is 24.3 Å². The largest absolute Gasteiger partial charge is 0.497 e. The molecule has 0 aromatic heterocycles. The van der Waals surface area contributed by atoms with Crippen LogP contribution in [0.2, 0.25) is 0 Å². The molecule has 1 aliphatic rings. The fourth-order valence-electron chi connectivity index (χ4n) is 2.78. The summed E-state index contributed by atoms with van der Waals surface area (Å²) in [5.41, 5.74) is 1.36. The molecule has 1 aliphatic carbocycles. The average Bonchev–Trinajstić information content (AvgIpc) is 2.38. The summed E-state index contributed by atoms with van der Waals surface area (Å²) in [5, 5.41) is 2.51. The summed E-state index contributed by atoms with van der Waals surface area (Å²) in [6, 6.07) is 9.23. The first kappa shape index (κ1) is 12.4. The molecular formula is C15H24NO+. The highest BCUT2D eigenvalue weighted by Crippen LogP contribution is 2.21. The molecule has 1 aromatic carbocycles. The fraction of sp³-hybridized carbons (Fsp3) is 0.600. The van der Waals surface area contributed by atoms with E-state index in [4.69, 9.17) is 4.74 Å². The van der Waals surface area contributed by atoms with Crippen molar-refractivity contribution in [3.05, 3.63) is 29.8 Å². The van der Waals surface area contributed by atoms with Crippen molar-refractivity contribution < 1.29 is 10.1 Å². The van der Waals surface area contributed by atoms with Gasteiger partial charge >= 0.3 is 0 Å². The lowest BCUT2D eigenvalue weighted by Gasteiger charge is -2.26. The molecule has 1 aromatic rings. The minimum Gasteiger partial charge on any atom is -0.497 e. The molecule has 2 heteroatoms. The van der Waals surface area contributed by atoms with Crippen molar-refractivity contribution in [3.8, 4) is 5.75 Å². The average molecular weight is 234 g/mol. The molecule has 1 fully saturated rings. The highest BCUT2D eigenvalue weighted by molar-refractivity contribution is 5.27. The smallest absolute Gasteiger partial charge is 0.119 e. The minimum absolute atomic E-state index is 0.815. The third-order valence-electron chi connectivity index (χ3n) is 3.97. The Bertz CT molecular complexity index is 351. The first-order chi connectivity index (χ1) is 8.29. The summed E-state index contributed by atoms with van der Waals surface area (Å²) in [7, 11) is 1.73. The zero-order valence-corrected chi connectivity index (χ0v) is 11.0. The summed E-state index contributed by atoms with van der Waals surface area (Å²) in [4.78, 5) is 0. The van der Waals surface area contributed by atoms with Crippen LogP contribution in [0.5, 0.6) is 5.75 Å². The third-order valence-corrected chi connectivity index (χ3v) is 3.97. The number of benzene rings is 1. The van der Waals surface area contributed by atoms with Gasteiger partial charge in [0, 0.05) is 11.5 Å². The van der Waals surface area contributed by atoms with E-state index in [0.717, 1.165) is 24.3 Å². The zero-order chi connectivity index (χ0) is 12.1. The van der Waals surface area contributed by atoms with Crippen molar-refractivity contribution in [2.24, 2.45) is 5.92 Å². The molecule has 17 heavy (non-hydrogen) atoms. The summed E-state index contributed by atoms with van der Waals surface area (Å²) >= 11 is 0. The second-order valence-electron chi connectivity index (χ2n) is 5.22. The normalized spacial score (nSPS) is 24.6. The van der Waals surface area contributed by atoms with E-state index < -0.39 is 0 Å². The molecular weight excluding hydrogens is 210 g/mol. The van der Waals surface area contributed by atoms with Crippen LogP contribution in [0.3, 0.4) is 0 Å². The first-order valence-electron chi connectivity index (χ1n) is 6.76. The molecule has 0 amide bonds. The maximum atomic E-state index is 5.25. The number of quaternary nitrogens is 1. The van der Waals surface area contributed by atoms with Gasteiger partial charge in [-0.2, -0.15) is 0 Å². The SMILES string of the molecule is COc1cccc(C[NH2+][C@H]2CCCC[C@@H]2C)c1. The lowest BCUT2D eigenvalue weighted by molar-refractivity contribution is -0.712. The Hall–Kier alpha value is -1.02. The number of methoxy groups -OCH3 is 1. The quantitative estimate of drug-likeness (QED) is 0.850. The molecule has 0 saturated heterocycles. The van der Waals surface area contributed by atoms with Gasteiger partial charge in [0.15, 0.2) is 0 Å². The second-order valence-corrected chi connectivity index (χ2v) is 5.22. The topological polar surface area (TPSA) is 25.8 Å². The highest BCUT2D eigenvalue weighted by Gasteiger charge is 2.23. The van der Waals surface area contributed by atoms with Gasteiger partial charge in [0.2, 0.25) is 0 Å². The molecule has 0 aliphatic heterocycles. The van der Waals surface area contributed by atoms with E-state index in [1.54, 1.807) is 7.11 Å². The van der Waals surface area contributed by atoms with Gasteiger partial charge in [-0.3, -0.25) is 0 Å². The third kappa shape index (κ3) is 3.47. The lowest BCUT2D eigenvalue weighted by Crippen LogP contribution is -2.90. The fourth-order valence-corrected chi connectivity index (χ4v) is 2.78. The molecule has 2 atom stereocenters. The Morgan fingerprint density at radius 2 is 2.12 bits per heavy atom. The molecule has 94 valence electrons. The molecule has 2 N–H and O–H groups in total. The van der Waals surface area contributed by atoms with E-state index in [1.807, 2.05) is 6.07 Å². The Morgan fingerprint density at radius 1 is 1.29 bits per heavy atom. The van der Waals surface area contributed by atoms with Crippen molar-refractivity contribution in [3.63, 3.8) is 0 Å². The van der Waals surface area contributed by atoms with Crippen molar-refractivity contribution >= 4 is 0 Å². The van der Waals surface area contributed by atoms with Gasteiger partial charge in [0.25, 0.3) is 0 Å². The summed E-state index contributed by atoms with van der Waals surface area (Å²) in [5.74, 6) is 1.84. The Morgan fingerprint density at radius 3 is 2.88 bits per heavy atom. The van der Waals surface area contributed by atoms with Crippen LogP contribution in [0, 0.1) is 5.92 Å². The van der Waals surface area contributed by atoms with Crippen LogP contribution in [-0.4, -0.2) is 13.2 Å². The molecule has 0 spiro atoms. The Kier molecular flexibility index (Phi) is 4.43. The van der Waals surface area contributed by atoms with Crippen molar-refractivity contribution in [1.29, 1.82) is 0 Å². The van der Waals surface area contributed by atoms with Crippen molar-refractivity contribution in [2.75, 3.05) is 7.11 Å². The molecule has 1 saturated carbocycles. The summed E-state index contributed by atoms with van der Waals surface area (Å²) in [6.07, 6.45) is 5.61. The molecule has 2 nitrogen and oxygen atoms in total. The minimum atomic E-state index is 0.815. The summed E-state index contributed by atoms with van der Waals surface area (Å²) < 4.78 is 5.25. The number of ether oxygens (including phenoxy) is 1. The van der Waals surface area contributed by atoms with E-state index in [-0.39, 0.29) is 0 Å². The predicted octanol–water partition coefficient (Wildman–Crippen LogP) is 2.34. The Balaban J connectivity index is 1.88. The molecule has 0 heterocycles. The molecule has 0 unspecified atom stereocenters. The van der Waals surface area contributed by atoms with Gasteiger partial charge in [-0.1, -0.05) is 25.5 Å². The van der Waals surface area contributed by atoms with Gasteiger partial charge in [-0.25, -0.2) is 0 Å². The van der Waals surface area contributed by atoms with Crippen LogP contribution in [0.4, 0.5) is 0 Å². The van der Waals surface area contributed by atoms with Gasteiger partial charge in [0.05, 0.1) is 13.2 Å². The number of hydrogen-bond acceptors (Lipinski definition) is 1. The van der Waals surface area contributed by atoms with Crippen LogP contribution < -0.4 is 10.1 Å². The summed E-state index contributed by atoms with van der Waals surface area (Å²) in [6.45, 7) is 3.47. The van der Waals surface area contributed by atoms with E-state index in [2.05, 4.69) is 30.4 Å². The van der Waals surface area contributed by atoms with Gasteiger partial charge in [0.1, 0.15) is 12.3 Å². The first-order valence-corrected chi connectivity index (χ1v) is 6.76. The number of hydrogen-bond donors (Lipinski definition) is 1. The van der Waals surface area contributed by atoms with E-state index in [9.17, 15) is 0 Å². The van der Waals surface area contributed by atoms with Crippen LogP contribution in [-0.2, 0) is 6.54 Å². The van der Waals surface area contributed by atoms with E-state index in [0.29, 0.717) is 0 Å². The maximum Gasteiger partial charge on any atom is 0.119 e. The second kappa shape index (κ2) is 6.06. The zero-order valence-electron chi connectivity index (χ0n) is 11.0. The maximum absolute atomic E-state index is 5.25.